The summed E-state index contributed by atoms with van der Waals surface area (Å²) in [7, 11) is 0. The molecule has 0 radical (unpaired) electrons. The van der Waals surface area contributed by atoms with Crippen LogP contribution in [0, 0.1) is 10.1 Å². The van der Waals surface area contributed by atoms with E-state index in [-0.39, 0.29) is 35.0 Å². The monoisotopic (exact) mass is 328 g/mol. The zero-order valence-corrected chi connectivity index (χ0v) is 12.4. The lowest BCUT2D eigenvalue weighted by atomic mass is 10.2. The number of carbonyl (C=O) groups is 3. The largest absolute Gasteiger partial charge is 0.456 e. The van der Waals surface area contributed by atoms with Gasteiger partial charge in [0.05, 0.1) is 22.1 Å². The van der Waals surface area contributed by atoms with Crippen molar-refractivity contribution in [1.82, 2.24) is 0 Å². The number of halogens is 1. The number of nitrogens with zero attached hydrogens (tertiary/aromatic N) is 1. The summed E-state index contributed by atoms with van der Waals surface area (Å²) in [5.41, 5.74) is -0.0456. The fourth-order valence-corrected chi connectivity index (χ4v) is 1.62. The highest BCUT2D eigenvalue weighted by Crippen LogP contribution is 2.26. The first kappa shape index (κ1) is 17.6. The van der Waals surface area contributed by atoms with Crippen molar-refractivity contribution in [2.45, 2.75) is 19.8 Å². The Morgan fingerprint density at radius 2 is 2.00 bits per heavy atom. The Kier molecular flexibility index (Phi) is 6.46. The molecule has 0 aliphatic heterocycles. The normalized spacial score (nSPS) is 9.91. The maximum atomic E-state index is 11.6. The van der Waals surface area contributed by atoms with Crippen LogP contribution in [0.15, 0.2) is 18.2 Å². The van der Waals surface area contributed by atoms with Crippen LogP contribution in [0.25, 0.3) is 0 Å². The van der Waals surface area contributed by atoms with E-state index in [1.54, 1.807) is 0 Å². The number of anilines is 1. The minimum Gasteiger partial charge on any atom is -0.456 e. The third kappa shape index (κ3) is 5.88. The van der Waals surface area contributed by atoms with Gasteiger partial charge >= 0.3 is 5.97 Å². The predicted octanol–water partition coefficient (Wildman–Crippen LogP) is 2.10. The second-order valence-corrected chi connectivity index (χ2v) is 4.74. The van der Waals surface area contributed by atoms with Crippen LogP contribution < -0.4 is 5.32 Å². The molecule has 9 heteroatoms. The van der Waals surface area contributed by atoms with E-state index in [0.717, 1.165) is 6.07 Å². The van der Waals surface area contributed by atoms with Crippen LogP contribution in [-0.4, -0.2) is 29.2 Å². The Morgan fingerprint density at radius 1 is 1.32 bits per heavy atom. The van der Waals surface area contributed by atoms with E-state index in [1.165, 1.54) is 19.1 Å². The Bertz CT molecular complexity index is 617. The number of ether oxygens (including phenoxy) is 1. The number of ketones is 1. The molecule has 1 rings (SSSR count). The molecule has 0 saturated heterocycles. The van der Waals surface area contributed by atoms with Crippen LogP contribution in [0.4, 0.5) is 11.4 Å². The number of esters is 1. The Hall–Kier alpha value is -2.48. The van der Waals surface area contributed by atoms with Crippen molar-refractivity contribution in [2.24, 2.45) is 0 Å². The van der Waals surface area contributed by atoms with Crippen molar-refractivity contribution in [3.05, 3.63) is 33.3 Å². The van der Waals surface area contributed by atoms with Crippen molar-refractivity contribution in [3.63, 3.8) is 0 Å². The fraction of sp³-hybridized carbons (Fsp3) is 0.308. The van der Waals surface area contributed by atoms with Gasteiger partial charge in [-0.05, 0) is 13.0 Å². The molecule has 0 fully saturated rings. The summed E-state index contributed by atoms with van der Waals surface area (Å²) in [6.45, 7) is 0.806. The van der Waals surface area contributed by atoms with E-state index < -0.39 is 23.4 Å². The number of rotatable bonds is 7. The number of Topliss-reactive ketones (excluding diaryl/α,β-unsaturated/α-hetero) is 1. The van der Waals surface area contributed by atoms with Gasteiger partial charge in [0.1, 0.15) is 5.78 Å². The van der Waals surface area contributed by atoms with Crippen LogP contribution >= 0.6 is 11.6 Å². The predicted molar refractivity (Wildman–Crippen MR) is 77.6 cm³/mol. The van der Waals surface area contributed by atoms with Gasteiger partial charge in [-0.1, -0.05) is 11.6 Å². The van der Waals surface area contributed by atoms with E-state index in [1.807, 2.05) is 0 Å². The number of hydrogen-bond acceptors (Lipinski definition) is 6. The Balaban J connectivity index is 2.50. The lowest BCUT2D eigenvalue weighted by Crippen LogP contribution is -2.21. The highest BCUT2D eigenvalue weighted by molar-refractivity contribution is 6.34. The highest BCUT2D eigenvalue weighted by Gasteiger charge is 2.13. The number of nitro benzene ring substituents is 1. The molecule has 0 unspecified atom stereocenters. The van der Waals surface area contributed by atoms with Gasteiger partial charge in [-0.15, -0.1) is 0 Å². The van der Waals surface area contributed by atoms with Gasteiger partial charge in [-0.3, -0.25) is 19.7 Å². The lowest BCUT2D eigenvalue weighted by molar-refractivity contribution is -0.384. The standard InChI is InChI=1S/C13H13ClN2O6/c1-8(17)2-5-13(19)22-7-12(18)15-11-4-3-9(16(20)21)6-10(11)14/h3-4,6H,2,5,7H2,1H3,(H,15,18). The molecule has 0 aliphatic rings. The fourth-order valence-electron chi connectivity index (χ4n) is 1.40. The number of carbonyl (C=O) groups excluding carboxylic acids is 3. The maximum absolute atomic E-state index is 11.6. The number of nitrogens with one attached hydrogen (secondary N) is 1. The Labute approximate surface area is 130 Å². The van der Waals surface area contributed by atoms with Gasteiger partial charge in [-0.2, -0.15) is 0 Å². The molecule has 118 valence electrons. The van der Waals surface area contributed by atoms with Crippen molar-refractivity contribution in [2.75, 3.05) is 11.9 Å². The maximum Gasteiger partial charge on any atom is 0.306 e. The van der Waals surface area contributed by atoms with Crippen LogP contribution in [0.2, 0.25) is 5.02 Å². The van der Waals surface area contributed by atoms with Gasteiger partial charge in [0.25, 0.3) is 11.6 Å². The Morgan fingerprint density at radius 3 is 2.55 bits per heavy atom. The molecule has 0 bridgehead atoms. The smallest absolute Gasteiger partial charge is 0.306 e. The van der Waals surface area contributed by atoms with Gasteiger partial charge in [0.2, 0.25) is 0 Å². The zero-order chi connectivity index (χ0) is 16.7. The van der Waals surface area contributed by atoms with Crippen molar-refractivity contribution >= 4 is 40.6 Å². The molecule has 0 heterocycles. The summed E-state index contributed by atoms with van der Waals surface area (Å²) in [5.74, 6) is -1.47. The second-order valence-electron chi connectivity index (χ2n) is 4.33. The number of amides is 1. The molecule has 8 nitrogen and oxygen atoms in total. The average molecular weight is 329 g/mol. The molecule has 0 saturated carbocycles. The molecule has 1 N–H and O–H groups in total. The summed E-state index contributed by atoms with van der Waals surface area (Å²) in [5, 5.41) is 12.9. The lowest BCUT2D eigenvalue weighted by Gasteiger charge is -2.07. The highest BCUT2D eigenvalue weighted by atomic mass is 35.5. The van der Waals surface area contributed by atoms with Crippen LogP contribution in [0.1, 0.15) is 19.8 Å². The number of non-ortho nitro benzene ring substituents is 1. The van der Waals surface area contributed by atoms with Crippen molar-refractivity contribution in [3.8, 4) is 0 Å². The SMILES string of the molecule is CC(=O)CCC(=O)OCC(=O)Nc1ccc([N+](=O)[O-])cc1Cl. The average Bonchev–Trinajstić information content (AvgIpc) is 2.44. The quantitative estimate of drug-likeness (QED) is 0.465. The van der Waals surface area contributed by atoms with Gasteiger partial charge in [-0.25, -0.2) is 0 Å². The molecule has 1 aromatic carbocycles. The third-order valence-electron chi connectivity index (χ3n) is 2.48. The molecule has 22 heavy (non-hydrogen) atoms. The zero-order valence-electron chi connectivity index (χ0n) is 11.6. The topological polar surface area (TPSA) is 116 Å². The first-order valence-electron chi connectivity index (χ1n) is 6.18. The summed E-state index contributed by atoms with van der Waals surface area (Å²) >= 11 is 5.80. The molecule has 1 aromatic rings. The van der Waals surface area contributed by atoms with Crippen LogP contribution in [0.5, 0.6) is 0 Å². The minimum atomic E-state index is -0.667. The van der Waals surface area contributed by atoms with Crippen LogP contribution in [-0.2, 0) is 19.1 Å². The molecule has 0 atom stereocenters. The number of nitro groups is 1. The summed E-state index contributed by atoms with van der Waals surface area (Å²) in [4.78, 5) is 43.4. The van der Waals surface area contributed by atoms with Gasteiger partial charge in [0.15, 0.2) is 6.61 Å². The molecule has 0 aromatic heterocycles. The van der Waals surface area contributed by atoms with Crippen LogP contribution in [0.3, 0.4) is 0 Å². The van der Waals surface area contributed by atoms with E-state index >= 15 is 0 Å². The minimum absolute atomic E-state index is 0.00884. The van der Waals surface area contributed by atoms with E-state index in [2.05, 4.69) is 10.1 Å². The number of hydrogen-bond donors (Lipinski definition) is 1. The van der Waals surface area contributed by atoms with Crippen molar-refractivity contribution in [1.29, 1.82) is 0 Å². The van der Waals surface area contributed by atoms with Gasteiger partial charge < -0.3 is 14.8 Å². The van der Waals surface area contributed by atoms with E-state index in [0.29, 0.717) is 0 Å². The number of benzene rings is 1. The van der Waals surface area contributed by atoms with Crippen molar-refractivity contribution < 1.29 is 24.0 Å². The second kappa shape index (κ2) is 8.08. The molecule has 0 spiro atoms. The summed E-state index contributed by atoms with van der Waals surface area (Å²) in [6.07, 6.45) is -0.0461. The first-order valence-corrected chi connectivity index (χ1v) is 6.56. The first-order chi connectivity index (χ1) is 10.3. The van der Waals surface area contributed by atoms with E-state index in [9.17, 15) is 24.5 Å². The van der Waals surface area contributed by atoms with E-state index in [4.69, 9.17) is 11.6 Å². The summed E-state index contributed by atoms with van der Waals surface area (Å²) in [6, 6.07) is 3.55. The molecule has 0 aliphatic carbocycles. The molecule has 1 amide bonds. The third-order valence-corrected chi connectivity index (χ3v) is 2.80. The molecular formula is C13H13ClN2O6. The van der Waals surface area contributed by atoms with Gasteiger partial charge in [0, 0.05) is 18.6 Å². The summed E-state index contributed by atoms with van der Waals surface area (Å²) < 4.78 is 4.67. The molecular weight excluding hydrogens is 316 g/mol.